The van der Waals surface area contributed by atoms with E-state index in [9.17, 15) is 0 Å². The molecule has 1 aromatic heterocycles. The van der Waals surface area contributed by atoms with Crippen LogP contribution in [0.5, 0.6) is 0 Å². The summed E-state index contributed by atoms with van der Waals surface area (Å²) in [5, 5.41) is 6.47. The summed E-state index contributed by atoms with van der Waals surface area (Å²) in [5.74, 6) is 0. The van der Waals surface area contributed by atoms with Crippen LogP contribution in [0.2, 0.25) is 0 Å². The summed E-state index contributed by atoms with van der Waals surface area (Å²) in [6, 6.07) is 2.05. The summed E-state index contributed by atoms with van der Waals surface area (Å²) in [6.45, 7) is 4.80. The molecule has 1 rings (SSSR count). The summed E-state index contributed by atoms with van der Waals surface area (Å²) < 4.78 is 1.12. The third kappa shape index (κ3) is 3.56. The van der Waals surface area contributed by atoms with Crippen molar-refractivity contribution < 1.29 is 0 Å². The van der Waals surface area contributed by atoms with Crippen LogP contribution in [-0.4, -0.2) is 12.1 Å². The van der Waals surface area contributed by atoms with Crippen molar-refractivity contribution in [2.24, 2.45) is 5.73 Å². The van der Waals surface area contributed by atoms with E-state index in [0.717, 1.165) is 16.0 Å². The smallest absolute Gasteiger partial charge is 0.0894 e. The first kappa shape index (κ1) is 10.0. The molecule has 68 valence electrons. The third-order valence-electron chi connectivity index (χ3n) is 1.29. The summed E-state index contributed by atoms with van der Waals surface area (Å²) >= 11 is 5.07. The molecule has 4 heteroatoms. The van der Waals surface area contributed by atoms with Gasteiger partial charge in [0.1, 0.15) is 0 Å². The Morgan fingerprint density at radius 1 is 1.67 bits per heavy atom. The quantitative estimate of drug-likeness (QED) is 0.864. The Labute approximate surface area is 85.3 Å². The van der Waals surface area contributed by atoms with Crippen LogP contribution in [0.25, 0.3) is 0 Å². The van der Waals surface area contributed by atoms with Gasteiger partial charge in [-0.05, 0) is 35.8 Å². The first-order valence-electron chi connectivity index (χ1n) is 3.74. The summed E-state index contributed by atoms with van der Waals surface area (Å²) in [6.07, 6.45) is 0. The molecule has 0 saturated carbocycles. The Morgan fingerprint density at radius 2 is 2.33 bits per heavy atom. The van der Waals surface area contributed by atoms with Gasteiger partial charge >= 0.3 is 0 Å². The van der Waals surface area contributed by atoms with Crippen molar-refractivity contribution in [3.05, 3.63) is 15.9 Å². The monoisotopic (exact) mass is 248 g/mol. The molecular formula is C8H13BrN2S. The molecule has 3 N–H and O–H groups in total. The SMILES string of the molecule is CC(C)(N)CNc1cc(Br)cs1. The topological polar surface area (TPSA) is 38.0 Å². The van der Waals surface area contributed by atoms with Gasteiger partial charge in [-0.2, -0.15) is 0 Å². The van der Waals surface area contributed by atoms with Crippen LogP contribution in [0.4, 0.5) is 5.00 Å². The lowest BCUT2D eigenvalue weighted by atomic mass is 10.1. The number of nitrogens with two attached hydrogens (primary N) is 1. The molecule has 1 heterocycles. The van der Waals surface area contributed by atoms with Gasteiger partial charge in [-0.25, -0.2) is 0 Å². The van der Waals surface area contributed by atoms with Gasteiger partial charge in [0, 0.05) is 21.9 Å². The number of halogens is 1. The molecule has 0 aliphatic rings. The van der Waals surface area contributed by atoms with Gasteiger partial charge in [0.2, 0.25) is 0 Å². The average Bonchev–Trinajstić information content (AvgIpc) is 2.30. The molecule has 0 spiro atoms. The summed E-state index contributed by atoms with van der Waals surface area (Å²) in [7, 11) is 0. The second-order valence-corrected chi connectivity index (χ2v) is 5.30. The lowest BCUT2D eigenvalue weighted by Gasteiger charge is -2.18. The molecule has 0 aliphatic heterocycles. The van der Waals surface area contributed by atoms with Crippen LogP contribution in [0.15, 0.2) is 15.9 Å². The van der Waals surface area contributed by atoms with Gasteiger partial charge in [0.15, 0.2) is 0 Å². The van der Waals surface area contributed by atoms with Crippen LogP contribution < -0.4 is 11.1 Å². The zero-order valence-corrected chi connectivity index (χ0v) is 9.63. The minimum atomic E-state index is -0.156. The largest absolute Gasteiger partial charge is 0.375 e. The number of rotatable bonds is 3. The van der Waals surface area contributed by atoms with Crippen molar-refractivity contribution in [3.8, 4) is 0 Å². The van der Waals surface area contributed by atoms with Gasteiger partial charge in [0.25, 0.3) is 0 Å². The van der Waals surface area contributed by atoms with Gasteiger partial charge in [-0.15, -0.1) is 11.3 Å². The molecule has 0 unspecified atom stereocenters. The molecule has 1 aromatic rings. The Morgan fingerprint density at radius 3 is 2.75 bits per heavy atom. The van der Waals surface area contributed by atoms with Crippen LogP contribution >= 0.6 is 27.3 Å². The number of nitrogens with one attached hydrogen (secondary N) is 1. The van der Waals surface area contributed by atoms with Gasteiger partial charge in [-0.3, -0.25) is 0 Å². The predicted molar refractivity (Wildman–Crippen MR) is 58.8 cm³/mol. The van der Waals surface area contributed by atoms with Gasteiger partial charge < -0.3 is 11.1 Å². The highest BCUT2D eigenvalue weighted by Gasteiger charge is 2.09. The molecular weight excluding hydrogens is 236 g/mol. The highest BCUT2D eigenvalue weighted by molar-refractivity contribution is 9.10. The molecule has 0 bridgehead atoms. The maximum absolute atomic E-state index is 5.82. The van der Waals surface area contributed by atoms with E-state index in [4.69, 9.17) is 5.73 Å². The van der Waals surface area contributed by atoms with E-state index in [2.05, 4.69) is 27.3 Å². The molecule has 0 atom stereocenters. The standard InChI is InChI=1S/C8H13BrN2S/c1-8(2,10)5-11-7-3-6(9)4-12-7/h3-4,11H,5,10H2,1-2H3. The van der Waals surface area contributed by atoms with Crippen molar-refractivity contribution >= 4 is 32.3 Å². The van der Waals surface area contributed by atoms with Crippen molar-refractivity contribution in [2.75, 3.05) is 11.9 Å². The van der Waals surface area contributed by atoms with Crippen molar-refractivity contribution in [1.82, 2.24) is 0 Å². The average molecular weight is 249 g/mol. The first-order valence-corrected chi connectivity index (χ1v) is 5.41. The Bertz CT molecular complexity index is 252. The maximum Gasteiger partial charge on any atom is 0.0894 e. The minimum Gasteiger partial charge on any atom is -0.375 e. The van der Waals surface area contributed by atoms with E-state index in [1.54, 1.807) is 11.3 Å². The van der Waals surface area contributed by atoms with E-state index in [1.807, 2.05) is 19.2 Å². The number of hydrogen-bond acceptors (Lipinski definition) is 3. The van der Waals surface area contributed by atoms with E-state index in [0.29, 0.717) is 0 Å². The van der Waals surface area contributed by atoms with Gasteiger partial charge in [0.05, 0.1) is 5.00 Å². The second kappa shape index (κ2) is 3.77. The van der Waals surface area contributed by atoms with Crippen LogP contribution in [0, 0.1) is 0 Å². The molecule has 12 heavy (non-hydrogen) atoms. The van der Waals surface area contributed by atoms with Crippen molar-refractivity contribution in [3.63, 3.8) is 0 Å². The van der Waals surface area contributed by atoms with E-state index < -0.39 is 0 Å². The number of anilines is 1. The molecule has 0 aromatic carbocycles. The fraction of sp³-hybridized carbons (Fsp3) is 0.500. The third-order valence-corrected chi connectivity index (χ3v) is 2.93. The highest BCUT2D eigenvalue weighted by atomic mass is 79.9. The first-order chi connectivity index (χ1) is 5.47. The molecule has 0 radical (unpaired) electrons. The lowest BCUT2D eigenvalue weighted by Crippen LogP contribution is -2.39. The van der Waals surface area contributed by atoms with Crippen LogP contribution in [-0.2, 0) is 0 Å². The van der Waals surface area contributed by atoms with E-state index >= 15 is 0 Å². The van der Waals surface area contributed by atoms with E-state index in [-0.39, 0.29) is 5.54 Å². The van der Waals surface area contributed by atoms with E-state index in [1.165, 1.54) is 0 Å². The minimum absolute atomic E-state index is 0.156. The van der Waals surface area contributed by atoms with Crippen molar-refractivity contribution in [2.45, 2.75) is 19.4 Å². The summed E-state index contributed by atoms with van der Waals surface area (Å²) in [4.78, 5) is 0. The Kier molecular flexibility index (Phi) is 3.15. The number of hydrogen-bond donors (Lipinski definition) is 2. The Hall–Kier alpha value is -0.0600. The zero-order valence-electron chi connectivity index (χ0n) is 7.23. The Balaban J connectivity index is 2.44. The van der Waals surface area contributed by atoms with Crippen LogP contribution in [0.1, 0.15) is 13.8 Å². The fourth-order valence-corrected chi connectivity index (χ4v) is 2.04. The summed E-state index contributed by atoms with van der Waals surface area (Å²) in [5.41, 5.74) is 5.66. The molecule has 0 aliphatic carbocycles. The molecule has 0 saturated heterocycles. The number of thiophene rings is 1. The zero-order chi connectivity index (χ0) is 9.19. The lowest BCUT2D eigenvalue weighted by molar-refractivity contribution is 0.550. The van der Waals surface area contributed by atoms with Gasteiger partial charge in [-0.1, -0.05) is 0 Å². The molecule has 0 amide bonds. The molecule has 2 nitrogen and oxygen atoms in total. The normalized spacial score (nSPS) is 11.7. The fourth-order valence-electron chi connectivity index (χ4n) is 0.721. The van der Waals surface area contributed by atoms with Crippen molar-refractivity contribution in [1.29, 1.82) is 0 Å². The second-order valence-electron chi connectivity index (χ2n) is 3.47. The highest BCUT2D eigenvalue weighted by Crippen LogP contribution is 2.24. The predicted octanol–water partition coefficient (Wildman–Crippen LogP) is 2.66. The maximum atomic E-state index is 5.82. The van der Waals surface area contributed by atoms with Crippen LogP contribution in [0.3, 0.4) is 0 Å². The molecule has 0 fully saturated rings.